The molecule has 3 nitrogen and oxygen atoms in total. The summed E-state index contributed by atoms with van der Waals surface area (Å²) in [6.07, 6.45) is 5.25. The Balaban J connectivity index is 2.63. The Bertz CT molecular complexity index is 304. The summed E-state index contributed by atoms with van der Waals surface area (Å²) in [4.78, 5) is 0. The second-order valence-corrected chi connectivity index (χ2v) is 5.18. The standard InChI is InChI=1S/C10H17BrN2OS/c1-3-13-10(8(11)7-12-13)9(14)5-4-6-15-2/h7,9,14H,3-6H2,1-2H3. The van der Waals surface area contributed by atoms with Crippen molar-refractivity contribution in [2.24, 2.45) is 0 Å². The van der Waals surface area contributed by atoms with Gasteiger partial charge in [0.1, 0.15) is 0 Å². The van der Waals surface area contributed by atoms with E-state index in [1.165, 1.54) is 0 Å². The zero-order valence-electron chi connectivity index (χ0n) is 9.11. The first-order chi connectivity index (χ1) is 7.20. The highest BCUT2D eigenvalue weighted by molar-refractivity contribution is 9.10. The van der Waals surface area contributed by atoms with Crippen molar-refractivity contribution in [2.45, 2.75) is 32.4 Å². The normalized spacial score (nSPS) is 13.1. The molecule has 0 amide bonds. The molecule has 1 aromatic rings. The van der Waals surface area contributed by atoms with E-state index in [-0.39, 0.29) is 0 Å². The van der Waals surface area contributed by atoms with Crippen molar-refractivity contribution >= 4 is 27.7 Å². The average molecular weight is 293 g/mol. The summed E-state index contributed by atoms with van der Waals surface area (Å²) < 4.78 is 2.74. The summed E-state index contributed by atoms with van der Waals surface area (Å²) in [6, 6.07) is 0. The van der Waals surface area contributed by atoms with Gasteiger partial charge in [0.15, 0.2) is 0 Å². The molecule has 5 heteroatoms. The second kappa shape index (κ2) is 6.55. The fourth-order valence-electron chi connectivity index (χ4n) is 1.51. The molecule has 0 aliphatic rings. The van der Waals surface area contributed by atoms with Gasteiger partial charge in [0, 0.05) is 6.54 Å². The van der Waals surface area contributed by atoms with Crippen LogP contribution in [0.3, 0.4) is 0 Å². The number of hydrogen-bond acceptors (Lipinski definition) is 3. The topological polar surface area (TPSA) is 38.0 Å². The molecule has 86 valence electrons. The van der Waals surface area contributed by atoms with Crippen LogP contribution < -0.4 is 0 Å². The maximum atomic E-state index is 10.0. The van der Waals surface area contributed by atoms with Crippen molar-refractivity contribution in [2.75, 3.05) is 12.0 Å². The fraction of sp³-hybridized carbons (Fsp3) is 0.700. The average Bonchev–Trinajstić information content (AvgIpc) is 2.59. The lowest BCUT2D eigenvalue weighted by molar-refractivity contribution is 0.155. The fourth-order valence-corrected chi connectivity index (χ4v) is 2.53. The molecular weight excluding hydrogens is 276 g/mol. The second-order valence-electron chi connectivity index (χ2n) is 3.34. The lowest BCUT2D eigenvalue weighted by Gasteiger charge is -2.12. The molecule has 0 saturated heterocycles. The van der Waals surface area contributed by atoms with E-state index in [2.05, 4.69) is 27.3 Å². The van der Waals surface area contributed by atoms with Gasteiger partial charge in [-0.2, -0.15) is 16.9 Å². The third-order valence-electron chi connectivity index (χ3n) is 2.27. The molecule has 1 unspecified atom stereocenters. The van der Waals surface area contributed by atoms with Crippen LogP contribution >= 0.6 is 27.7 Å². The Morgan fingerprint density at radius 2 is 2.40 bits per heavy atom. The molecule has 0 aliphatic carbocycles. The number of aliphatic hydroxyl groups excluding tert-OH is 1. The number of thioether (sulfide) groups is 1. The van der Waals surface area contributed by atoms with Gasteiger partial charge in [-0.3, -0.25) is 4.68 Å². The number of hydrogen-bond donors (Lipinski definition) is 1. The van der Waals surface area contributed by atoms with Crippen LogP contribution in [0, 0.1) is 0 Å². The summed E-state index contributed by atoms with van der Waals surface area (Å²) in [5, 5.41) is 14.2. The molecule has 1 heterocycles. The van der Waals surface area contributed by atoms with Crippen molar-refractivity contribution in [3.8, 4) is 0 Å². The van der Waals surface area contributed by atoms with Gasteiger partial charge in [-0.15, -0.1) is 0 Å². The van der Waals surface area contributed by atoms with E-state index in [1.807, 2.05) is 23.4 Å². The van der Waals surface area contributed by atoms with Crippen LogP contribution in [-0.4, -0.2) is 26.9 Å². The Hall–Kier alpha value is -0.0000000000000000555. The largest absolute Gasteiger partial charge is 0.387 e. The van der Waals surface area contributed by atoms with Crippen LogP contribution in [0.4, 0.5) is 0 Å². The molecule has 1 atom stereocenters. The summed E-state index contributed by atoms with van der Waals surface area (Å²) in [7, 11) is 0. The summed E-state index contributed by atoms with van der Waals surface area (Å²) in [5.41, 5.74) is 0.901. The minimum absolute atomic E-state index is 0.408. The van der Waals surface area contributed by atoms with Crippen molar-refractivity contribution in [3.63, 3.8) is 0 Å². The van der Waals surface area contributed by atoms with Crippen molar-refractivity contribution < 1.29 is 5.11 Å². The first kappa shape index (κ1) is 13.1. The van der Waals surface area contributed by atoms with E-state index in [4.69, 9.17) is 0 Å². The van der Waals surface area contributed by atoms with Crippen molar-refractivity contribution in [1.29, 1.82) is 0 Å². The molecule has 1 rings (SSSR count). The summed E-state index contributed by atoms with van der Waals surface area (Å²) in [6.45, 7) is 2.82. The molecule has 0 radical (unpaired) electrons. The van der Waals surface area contributed by atoms with Crippen LogP contribution in [0.25, 0.3) is 0 Å². The van der Waals surface area contributed by atoms with E-state index in [0.717, 1.165) is 35.3 Å². The molecule has 0 spiro atoms. The molecule has 1 aromatic heterocycles. The monoisotopic (exact) mass is 292 g/mol. The SMILES string of the molecule is CCn1ncc(Br)c1C(O)CCCSC. The molecule has 0 saturated carbocycles. The minimum Gasteiger partial charge on any atom is -0.387 e. The molecule has 0 aliphatic heterocycles. The smallest absolute Gasteiger partial charge is 0.0968 e. The summed E-state index contributed by atoms with van der Waals surface area (Å²) >= 11 is 5.23. The molecule has 15 heavy (non-hydrogen) atoms. The Kier molecular flexibility index (Phi) is 5.71. The van der Waals surface area contributed by atoms with Crippen LogP contribution in [-0.2, 0) is 6.54 Å². The number of halogens is 1. The lowest BCUT2D eigenvalue weighted by atomic mass is 10.1. The van der Waals surface area contributed by atoms with Crippen LogP contribution in [0.1, 0.15) is 31.6 Å². The summed E-state index contributed by atoms with van der Waals surface area (Å²) in [5.74, 6) is 1.09. The zero-order valence-corrected chi connectivity index (χ0v) is 11.5. The predicted octanol–water partition coefficient (Wildman–Crippen LogP) is 2.84. The maximum Gasteiger partial charge on any atom is 0.0968 e. The number of aromatic nitrogens is 2. The van der Waals surface area contributed by atoms with E-state index >= 15 is 0 Å². The zero-order chi connectivity index (χ0) is 11.3. The van der Waals surface area contributed by atoms with Gasteiger partial charge in [-0.1, -0.05) is 0 Å². The van der Waals surface area contributed by atoms with Gasteiger partial charge < -0.3 is 5.11 Å². The number of aliphatic hydroxyl groups is 1. The third kappa shape index (κ3) is 3.50. The highest BCUT2D eigenvalue weighted by atomic mass is 79.9. The van der Waals surface area contributed by atoms with Crippen LogP contribution in [0.15, 0.2) is 10.7 Å². The van der Waals surface area contributed by atoms with E-state index in [1.54, 1.807) is 6.20 Å². The number of rotatable bonds is 6. The Morgan fingerprint density at radius 3 is 3.00 bits per heavy atom. The Labute approximate surface area is 103 Å². The maximum absolute atomic E-state index is 10.0. The molecule has 0 bridgehead atoms. The van der Waals surface area contributed by atoms with Gasteiger partial charge in [-0.25, -0.2) is 0 Å². The first-order valence-electron chi connectivity index (χ1n) is 5.08. The number of nitrogens with zero attached hydrogens (tertiary/aromatic N) is 2. The van der Waals surface area contributed by atoms with Gasteiger partial charge in [0.2, 0.25) is 0 Å². The predicted molar refractivity (Wildman–Crippen MR) is 68.2 cm³/mol. The van der Waals surface area contributed by atoms with Crippen molar-refractivity contribution in [3.05, 3.63) is 16.4 Å². The lowest BCUT2D eigenvalue weighted by Crippen LogP contribution is -2.08. The van der Waals surface area contributed by atoms with E-state index < -0.39 is 6.10 Å². The van der Waals surface area contributed by atoms with Gasteiger partial charge in [0.05, 0.1) is 22.5 Å². The van der Waals surface area contributed by atoms with Crippen LogP contribution in [0.2, 0.25) is 0 Å². The van der Waals surface area contributed by atoms with Gasteiger partial charge in [0.25, 0.3) is 0 Å². The van der Waals surface area contributed by atoms with Crippen molar-refractivity contribution in [1.82, 2.24) is 9.78 Å². The highest BCUT2D eigenvalue weighted by Gasteiger charge is 2.16. The highest BCUT2D eigenvalue weighted by Crippen LogP contribution is 2.26. The van der Waals surface area contributed by atoms with E-state index in [9.17, 15) is 5.11 Å². The van der Waals surface area contributed by atoms with Crippen LogP contribution in [0.5, 0.6) is 0 Å². The van der Waals surface area contributed by atoms with Gasteiger partial charge in [-0.05, 0) is 47.7 Å². The minimum atomic E-state index is -0.408. The first-order valence-corrected chi connectivity index (χ1v) is 7.27. The molecular formula is C10H17BrN2OS. The molecule has 1 N–H and O–H groups in total. The Morgan fingerprint density at radius 1 is 1.67 bits per heavy atom. The van der Waals surface area contributed by atoms with E-state index in [0.29, 0.717) is 0 Å². The number of aryl methyl sites for hydroxylation is 1. The molecule has 0 fully saturated rings. The van der Waals surface area contributed by atoms with Gasteiger partial charge >= 0.3 is 0 Å². The third-order valence-corrected chi connectivity index (χ3v) is 3.58. The molecule has 0 aromatic carbocycles. The quantitative estimate of drug-likeness (QED) is 0.820.